The minimum atomic E-state index is -2.95. The molecule has 0 saturated carbocycles. The van der Waals surface area contributed by atoms with Gasteiger partial charge in [-0.3, -0.25) is 4.79 Å². The van der Waals surface area contributed by atoms with Crippen molar-refractivity contribution in [2.24, 2.45) is 10.9 Å². The Morgan fingerprint density at radius 3 is 2.69 bits per heavy atom. The van der Waals surface area contributed by atoms with Crippen molar-refractivity contribution >= 4 is 21.8 Å². The highest BCUT2D eigenvalue weighted by Gasteiger charge is 2.29. The van der Waals surface area contributed by atoms with Crippen LogP contribution in [-0.4, -0.2) is 31.9 Å². The van der Waals surface area contributed by atoms with Crippen molar-refractivity contribution in [3.63, 3.8) is 0 Å². The lowest BCUT2D eigenvalue weighted by molar-refractivity contribution is -0.118. The number of amides is 1. The third-order valence-corrected chi connectivity index (χ3v) is 3.80. The number of sulfone groups is 1. The highest BCUT2D eigenvalue weighted by Crippen LogP contribution is 2.21. The monoisotopic (exact) mass is 203 g/mol. The van der Waals surface area contributed by atoms with Crippen LogP contribution in [0.15, 0.2) is 4.99 Å². The Morgan fingerprint density at radius 1 is 1.54 bits per heavy atom. The molecule has 0 aliphatic carbocycles. The van der Waals surface area contributed by atoms with E-state index >= 15 is 0 Å². The van der Waals surface area contributed by atoms with E-state index in [9.17, 15) is 18.0 Å². The summed E-state index contributed by atoms with van der Waals surface area (Å²) in [6, 6.07) is 0. The molecule has 13 heavy (non-hydrogen) atoms. The predicted octanol–water partition coefficient (Wildman–Crippen LogP) is -0.326. The zero-order valence-corrected chi connectivity index (χ0v) is 7.71. The molecule has 1 fully saturated rings. The van der Waals surface area contributed by atoms with Crippen LogP contribution in [0.2, 0.25) is 0 Å². The molecule has 0 N–H and O–H groups in total. The summed E-state index contributed by atoms with van der Waals surface area (Å²) in [5, 5.41) is 0. The second-order valence-electron chi connectivity index (χ2n) is 3.07. The number of hydrogen-bond acceptors (Lipinski definition) is 4. The van der Waals surface area contributed by atoms with Gasteiger partial charge in [-0.25, -0.2) is 13.2 Å². The molecule has 1 aliphatic rings. The molecule has 0 aromatic carbocycles. The summed E-state index contributed by atoms with van der Waals surface area (Å²) in [7, 11) is -2.95. The van der Waals surface area contributed by atoms with Gasteiger partial charge in [0.25, 0.3) is 5.91 Å². The lowest BCUT2D eigenvalue weighted by atomic mass is 10.1. The molecule has 6 heteroatoms. The van der Waals surface area contributed by atoms with E-state index in [0.29, 0.717) is 6.42 Å². The fourth-order valence-electron chi connectivity index (χ4n) is 1.38. The van der Waals surface area contributed by atoms with E-state index < -0.39 is 15.7 Å². The van der Waals surface area contributed by atoms with Gasteiger partial charge in [-0.05, 0) is 12.3 Å². The highest BCUT2D eigenvalue weighted by molar-refractivity contribution is 7.91. The molecule has 1 atom stereocenters. The molecular weight excluding hydrogens is 194 g/mol. The lowest BCUT2D eigenvalue weighted by Crippen LogP contribution is -2.08. The zero-order chi connectivity index (χ0) is 9.90. The van der Waals surface area contributed by atoms with Crippen molar-refractivity contribution in [2.75, 3.05) is 11.5 Å². The van der Waals surface area contributed by atoms with E-state index in [1.165, 1.54) is 0 Å². The van der Waals surface area contributed by atoms with Gasteiger partial charge < -0.3 is 0 Å². The average molecular weight is 203 g/mol. The van der Waals surface area contributed by atoms with Crippen molar-refractivity contribution in [3.05, 3.63) is 0 Å². The first kappa shape index (κ1) is 10.1. The summed E-state index contributed by atoms with van der Waals surface area (Å²) in [6.07, 6.45) is 1.66. The Bertz CT molecular complexity index is 353. The van der Waals surface area contributed by atoms with Crippen molar-refractivity contribution in [2.45, 2.75) is 12.8 Å². The van der Waals surface area contributed by atoms with Gasteiger partial charge in [0.2, 0.25) is 6.08 Å². The van der Waals surface area contributed by atoms with Gasteiger partial charge in [-0.2, -0.15) is 0 Å². The summed E-state index contributed by atoms with van der Waals surface area (Å²) in [4.78, 5) is 23.4. The second kappa shape index (κ2) is 3.81. The summed E-state index contributed by atoms with van der Waals surface area (Å²) < 4.78 is 21.9. The number of carbonyl (C=O) groups excluding carboxylic acids is 2. The van der Waals surface area contributed by atoms with E-state index in [4.69, 9.17) is 0 Å². The van der Waals surface area contributed by atoms with Crippen LogP contribution in [0.3, 0.4) is 0 Å². The summed E-state index contributed by atoms with van der Waals surface area (Å²) in [5.41, 5.74) is 0. The van der Waals surface area contributed by atoms with E-state index in [1.54, 1.807) is 0 Å². The molecule has 1 saturated heterocycles. The Balaban J connectivity index is 2.50. The Hall–Kier alpha value is -1.00. The first-order valence-corrected chi connectivity index (χ1v) is 5.67. The molecule has 1 aliphatic heterocycles. The minimum Gasteiger partial charge on any atom is -0.272 e. The molecule has 0 aromatic heterocycles. The smallest absolute Gasteiger partial charge is 0.256 e. The van der Waals surface area contributed by atoms with E-state index in [-0.39, 0.29) is 23.8 Å². The maximum Gasteiger partial charge on any atom is 0.256 e. The molecule has 72 valence electrons. The SMILES string of the molecule is O=C=NC(=O)CC1CCS(=O)(=O)C1. The van der Waals surface area contributed by atoms with Gasteiger partial charge in [0.15, 0.2) is 9.84 Å². The van der Waals surface area contributed by atoms with Gasteiger partial charge in [-0.15, -0.1) is 4.99 Å². The largest absolute Gasteiger partial charge is 0.272 e. The normalized spacial score (nSPS) is 25.1. The Kier molecular flexibility index (Phi) is 2.95. The standard InChI is InChI=1S/C7H9NO4S/c9-5-8-7(10)3-6-1-2-13(11,12)4-6/h6H,1-4H2. The summed E-state index contributed by atoms with van der Waals surface area (Å²) in [5.74, 6) is -0.588. The average Bonchev–Trinajstić information content (AvgIpc) is 2.30. The maximum atomic E-state index is 11.0. The fraction of sp³-hybridized carbons (Fsp3) is 0.714. The van der Waals surface area contributed by atoms with Crippen LogP contribution in [0.4, 0.5) is 0 Å². The first-order valence-electron chi connectivity index (χ1n) is 3.84. The molecule has 1 amide bonds. The number of rotatable bonds is 2. The van der Waals surface area contributed by atoms with E-state index in [0.717, 1.165) is 6.08 Å². The number of hydrogen-bond donors (Lipinski definition) is 0. The summed E-state index contributed by atoms with van der Waals surface area (Å²) in [6.45, 7) is 0. The highest BCUT2D eigenvalue weighted by atomic mass is 32.2. The van der Waals surface area contributed by atoms with Gasteiger partial charge in [0.05, 0.1) is 11.5 Å². The number of isocyanates is 1. The van der Waals surface area contributed by atoms with Gasteiger partial charge in [0.1, 0.15) is 0 Å². The predicted molar refractivity (Wildman–Crippen MR) is 44.5 cm³/mol. The molecule has 0 spiro atoms. The van der Waals surface area contributed by atoms with Crippen LogP contribution < -0.4 is 0 Å². The van der Waals surface area contributed by atoms with Crippen LogP contribution in [0.1, 0.15) is 12.8 Å². The van der Waals surface area contributed by atoms with Crippen LogP contribution in [0, 0.1) is 5.92 Å². The molecule has 1 rings (SSSR count). The molecule has 0 bridgehead atoms. The Morgan fingerprint density at radius 2 is 2.23 bits per heavy atom. The molecule has 1 heterocycles. The van der Waals surface area contributed by atoms with Gasteiger partial charge >= 0.3 is 0 Å². The molecule has 5 nitrogen and oxygen atoms in total. The lowest BCUT2D eigenvalue weighted by Gasteiger charge is -2.00. The number of carbonyl (C=O) groups is 1. The van der Waals surface area contributed by atoms with Crippen LogP contribution in [0.5, 0.6) is 0 Å². The molecular formula is C7H9NO4S. The number of aliphatic imine (C=N–C) groups is 1. The van der Waals surface area contributed by atoms with Crippen LogP contribution >= 0.6 is 0 Å². The van der Waals surface area contributed by atoms with Crippen LogP contribution in [-0.2, 0) is 19.4 Å². The molecule has 1 unspecified atom stereocenters. The van der Waals surface area contributed by atoms with Crippen molar-refractivity contribution in [1.29, 1.82) is 0 Å². The fourth-order valence-corrected chi connectivity index (χ4v) is 3.24. The third-order valence-electron chi connectivity index (χ3n) is 1.96. The minimum absolute atomic E-state index is 0.0348. The van der Waals surface area contributed by atoms with Crippen molar-refractivity contribution in [3.8, 4) is 0 Å². The molecule has 0 radical (unpaired) electrons. The Labute approximate surface area is 75.8 Å². The quantitative estimate of drug-likeness (QED) is 0.454. The van der Waals surface area contributed by atoms with E-state index in [1.807, 2.05) is 0 Å². The number of nitrogens with zero attached hydrogens (tertiary/aromatic N) is 1. The van der Waals surface area contributed by atoms with Crippen molar-refractivity contribution < 1.29 is 18.0 Å². The molecule has 0 aromatic rings. The topological polar surface area (TPSA) is 80.6 Å². The second-order valence-corrected chi connectivity index (χ2v) is 5.30. The summed E-state index contributed by atoms with van der Waals surface area (Å²) >= 11 is 0. The van der Waals surface area contributed by atoms with E-state index in [2.05, 4.69) is 4.99 Å². The van der Waals surface area contributed by atoms with Crippen molar-refractivity contribution in [1.82, 2.24) is 0 Å². The van der Waals surface area contributed by atoms with Crippen LogP contribution in [0.25, 0.3) is 0 Å². The third kappa shape index (κ3) is 3.08. The zero-order valence-electron chi connectivity index (χ0n) is 6.89. The van der Waals surface area contributed by atoms with Gasteiger partial charge in [-0.1, -0.05) is 0 Å². The van der Waals surface area contributed by atoms with Gasteiger partial charge in [0, 0.05) is 6.42 Å². The maximum absolute atomic E-state index is 11.0. The first-order chi connectivity index (χ1) is 6.03.